The number of esters is 1. The van der Waals surface area contributed by atoms with Crippen LogP contribution in [-0.2, 0) is 10.2 Å². The molecule has 1 N–H and O–H groups in total. The highest BCUT2D eigenvalue weighted by Gasteiger charge is 2.27. The molecule has 4 nitrogen and oxygen atoms in total. The van der Waals surface area contributed by atoms with E-state index in [-0.39, 0.29) is 29.5 Å². The lowest BCUT2D eigenvalue weighted by Crippen LogP contribution is -2.20. The fourth-order valence-corrected chi connectivity index (χ4v) is 2.90. The van der Waals surface area contributed by atoms with Gasteiger partial charge in [0.2, 0.25) is 0 Å². The smallest absolute Gasteiger partial charge is 0.341 e. The second-order valence-electron chi connectivity index (χ2n) is 6.04. The zero-order valence-corrected chi connectivity index (χ0v) is 15.8. The minimum atomic E-state index is -0.533. The van der Waals surface area contributed by atoms with Gasteiger partial charge in [0.1, 0.15) is 17.9 Å². The Morgan fingerprint density at radius 1 is 1.16 bits per heavy atom. The maximum absolute atomic E-state index is 12.2. The Bertz CT molecular complexity index is 755. The summed E-state index contributed by atoms with van der Waals surface area (Å²) in [5.74, 6) is 0.199. The summed E-state index contributed by atoms with van der Waals surface area (Å²) in [6.45, 7) is 4.24. The average Bonchev–Trinajstić information content (AvgIpc) is 2.59. The number of carbonyl (C=O) groups excluding carboxylic acids is 1. The van der Waals surface area contributed by atoms with E-state index in [1.807, 2.05) is 26.0 Å². The quantitative estimate of drug-likeness (QED) is 0.577. The first-order chi connectivity index (χ1) is 11.8. The number of hydrogen-bond donors (Lipinski definition) is 1. The first kappa shape index (κ1) is 19.4. The highest BCUT2D eigenvalue weighted by atomic mass is 35.5. The summed E-state index contributed by atoms with van der Waals surface area (Å²) < 4.78 is 10.4. The minimum Gasteiger partial charge on any atom is -0.508 e. The Morgan fingerprint density at radius 3 is 2.36 bits per heavy atom. The van der Waals surface area contributed by atoms with Crippen LogP contribution in [0.25, 0.3) is 0 Å². The summed E-state index contributed by atoms with van der Waals surface area (Å²) in [4.78, 5) is 12.2. The van der Waals surface area contributed by atoms with Crippen LogP contribution in [0.2, 0.25) is 5.02 Å². The van der Waals surface area contributed by atoms with E-state index in [4.69, 9.17) is 32.7 Å². The first-order valence-electron chi connectivity index (χ1n) is 7.72. The van der Waals surface area contributed by atoms with Crippen LogP contribution in [0.5, 0.6) is 11.5 Å². The first-order valence-corrected chi connectivity index (χ1v) is 8.63. The van der Waals surface area contributed by atoms with Crippen LogP contribution in [0.4, 0.5) is 0 Å². The molecule has 0 aliphatic carbocycles. The third kappa shape index (κ3) is 4.20. The maximum Gasteiger partial charge on any atom is 0.341 e. The number of alkyl halides is 1. The molecule has 0 amide bonds. The predicted molar refractivity (Wildman–Crippen MR) is 99.2 cm³/mol. The number of rotatable bonds is 6. The number of ether oxygens (including phenoxy) is 2. The Balaban J connectivity index is 2.56. The zero-order valence-electron chi connectivity index (χ0n) is 14.3. The summed E-state index contributed by atoms with van der Waals surface area (Å²) in [5.41, 5.74) is 1.58. The topological polar surface area (TPSA) is 55.8 Å². The molecule has 134 valence electrons. The van der Waals surface area contributed by atoms with E-state index in [0.717, 1.165) is 11.1 Å². The van der Waals surface area contributed by atoms with Crippen LogP contribution in [-0.4, -0.2) is 30.7 Å². The average molecular weight is 383 g/mol. The van der Waals surface area contributed by atoms with Crippen LogP contribution in [0.3, 0.4) is 0 Å². The molecule has 0 saturated carbocycles. The van der Waals surface area contributed by atoms with E-state index in [2.05, 4.69) is 0 Å². The van der Waals surface area contributed by atoms with E-state index < -0.39 is 11.4 Å². The van der Waals surface area contributed by atoms with Gasteiger partial charge in [-0.25, -0.2) is 4.79 Å². The number of methoxy groups -OCH3 is 1. The van der Waals surface area contributed by atoms with Gasteiger partial charge in [0.05, 0.1) is 18.0 Å². The number of benzene rings is 2. The van der Waals surface area contributed by atoms with Gasteiger partial charge in [-0.1, -0.05) is 37.6 Å². The molecule has 0 aliphatic rings. The molecule has 0 fully saturated rings. The van der Waals surface area contributed by atoms with Gasteiger partial charge in [0.15, 0.2) is 5.75 Å². The van der Waals surface area contributed by atoms with E-state index in [1.165, 1.54) is 7.11 Å². The van der Waals surface area contributed by atoms with Gasteiger partial charge in [-0.15, -0.1) is 11.6 Å². The van der Waals surface area contributed by atoms with E-state index in [9.17, 15) is 9.90 Å². The van der Waals surface area contributed by atoms with Gasteiger partial charge in [-0.3, -0.25) is 0 Å². The van der Waals surface area contributed by atoms with Gasteiger partial charge >= 0.3 is 5.97 Å². The number of carbonyl (C=O) groups is 1. The van der Waals surface area contributed by atoms with Gasteiger partial charge < -0.3 is 14.6 Å². The maximum atomic E-state index is 12.2. The highest BCUT2D eigenvalue weighted by molar-refractivity contribution is 6.32. The van der Waals surface area contributed by atoms with Gasteiger partial charge in [0.25, 0.3) is 0 Å². The fraction of sp³-hybridized carbons (Fsp3) is 0.316. The second kappa shape index (κ2) is 7.98. The van der Waals surface area contributed by atoms with Crippen molar-refractivity contribution in [3.8, 4) is 11.5 Å². The molecule has 2 aromatic rings. The Hall–Kier alpha value is -1.91. The fourth-order valence-electron chi connectivity index (χ4n) is 2.55. The third-order valence-electron chi connectivity index (χ3n) is 4.08. The minimum absolute atomic E-state index is 0.192. The van der Waals surface area contributed by atoms with Crippen molar-refractivity contribution in [2.75, 3.05) is 19.6 Å². The summed E-state index contributed by atoms with van der Waals surface area (Å²) in [6, 6.07) is 10.4. The van der Waals surface area contributed by atoms with Crippen molar-refractivity contribution in [3.05, 3.63) is 58.1 Å². The van der Waals surface area contributed by atoms with Crippen molar-refractivity contribution in [3.63, 3.8) is 0 Å². The summed E-state index contributed by atoms with van der Waals surface area (Å²) in [5, 5.41) is 9.81. The Kier molecular flexibility index (Phi) is 6.20. The largest absolute Gasteiger partial charge is 0.508 e. The Morgan fingerprint density at radius 2 is 1.80 bits per heavy atom. The van der Waals surface area contributed by atoms with Gasteiger partial charge in [-0.2, -0.15) is 0 Å². The molecule has 2 aromatic carbocycles. The van der Waals surface area contributed by atoms with Crippen molar-refractivity contribution >= 4 is 29.2 Å². The molecule has 0 atom stereocenters. The lowest BCUT2D eigenvalue weighted by atomic mass is 9.77. The predicted octanol–water partition coefficient (Wildman–Crippen LogP) is 4.78. The summed E-state index contributed by atoms with van der Waals surface area (Å²) in [7, 11) is 1.30. The van der Waals surface area contributed by atoms with Crippen LogP contribution in [0.1, 0.15) is 35.3 Å². The molecule has 0 spiro atoms. The van der Waals surface area contributed by atoms with E-state index in [0.29, 0.717) is 5.02 Å². The zero-order chi connectivity index (χ0) is 18.6. The van der Waals surface area contributed by atoms with Crippen molar-refractivity contribution in [1.82, 2.24) is 0 Å². The molecule has 0 aliphatic heterocycles. The van der Waals surface area contributed by atoms with Crippen molar-refractivity contribution < 1.29 is 19.4 Å². The molecule has 0 aromatic heterocycles. The molecular weight excluding hydrogens is 363 g/mol. The molecule has 25 heavy (non-hydrogen) atoms. The molecule has 0 unspecified atom stereocenters. The molecular formula is C19H20Cl2O4. The molecule has 0 radical (unpaired) electrons. The number of hydrogen-bond acceptors (Lipinski definition) is 4. The van der Waals surface area contributed by atoms with Crippen molar-refractivity contribution in [2.24, 2.45) is 0 Å². The SMILES string of the molecule is COC(=O)c1cc(C(C)(C)c2ccc(O)cc2)cc(Cl)c1OCCCl. The number of phenolic OH excluding ortho intramolecular Hbond substituents is 1. The van der Waals surface area contributed by atoms with Crippen LogP contribution >= 0.6 is 23.2 Å². The molecule has 0 heterocycles. The second-order valence-corrected chi connectivity index (χ2v) is 6.82. The molecule has 0 saturated heterocycles. The van der Waals surface area contributed by atoms with Crippen molar-refractivity contribution in [2.45, 2.75) is 19.3 Å². The molecule has 2 rings (SSSR count). The normalized spacial score (nSPS) is 11.2. The Labute approximate surface area is 157 Å². The number of aromatic hydroxyl groups is 1. The van der Waals surface area contributed by atoms with Crippen molar-refractivity contribution in [1.29, 1.82) is 0 Å². The summed E-state index contributed by atoms with van der Waals surface area (Å²) in [6.07, 6.45) is 0. The lowest BCUT2D eigenvalue weighted by Gasteiger charge is -2.27. The van der Waals surface area contributed by atoms with Gasteiger partial charge in [0, 0.05) is 5.41 Å². The summed E-state index contributed by atoms with van der Waals surface area (Å²) >= 11 is 12.0. The van der Waals surface area contributed by atoms with E-state index >= 15 is 0 Å². The molecule has 0 bridgehead atoms. The standard InChI is InChI=1S/C19H20Cl2O4/c1-19(2,12-4-6-14(22)7-5-12)13-10-15(18(23)24-3)17(16(21)11-13)25-9-8-20/h4-7,10-11,22H,8-9H2,1-3H3. The van der Waals surface area contributed by atoms with E-state index in [1.54, 1.807) is 24.3 Å². The monoisotopic (exact) mass is 382 g/mol. The lowest BCUT2D eigenvalue weighted by molar-refractivity contribution is 0.0596. The third-order valence-corrected chi connectivity index (χ3v) is 4.52. The van der Waals surface area contributed by atoms with Crippen LogP contribution in [0.15, 0.2) is 36.4 Å². The van der Waals surface area contributed by atoms with Crippen LogP contribution < -0.4 is 4.74 Å². The highest BCUT2D eigenvalue weighted by Crippen LogP contribution is 2.39. The number of phenols is 1. The van der Waals surface area contributed by atoms with Gasteiger partial charge in [-0.05, 0) is 35.4 Å². The molecule has 6 heteroatoms. The van der Waals surface area contributed by atoms with Crippen LogP contribution in [0, 0.1) is 0 Å². The number of halogens is 2.